The van der Waals surface area contributed by atoms with Crippen LogP contribution in [0.2, 0.25) is 0 Å². The van der Waals surface area contributed by atoms with Crippen LogP contribution in [0.5, 0.6) is 17.2 Å². The van der Waals surface area contributed by atoms with Crippen molar-refractivity contribution in [2.75, 3.05) is 54.1 Å². The van der Waals surface area contributed by atoms with E-state index >= 15 is 0 Å². The second kappa shape index (κ2) is 16.0. The summed E-state index contributed by atoms with van der Waals surface area (Å²) >= 11 is 0. The summed E-state index contributed by atoms with van der Waals surface area (Å²) in [6.07, 6.45) is 5.40. The third-order valence-corrected chi connectivity index (χ3v) is 7.70. The number of rotatable bonds is 14. The molecular weight excluding hydrogens is 526 g/mol. The van der Waals surface area contributed by atoms with Gasteiger partial charge in [0.25, 0.3) is 5.91 Å². The number of piperidine rings is 1. The van der Waals surface area contributed by atoms with Crippen molar-refractivity contribution in [3.63, 3.8) is 0 Å². The molecule has 0 bridgehead atoms. The van der Waals surface area contributed by atoms with E-state index in [1.54, 1.807) is 33.5 Å². The number of benzene rings is 3. The molecule has 0 radical (unpaired) electrons. The molecule has 1 atom stereocenters. The molecule has 3 aromatic rings. The predicted octanol–water partition coefficient (Wildman–Crippen LogP) is 5.90. The summed E-state index contributed by atoms with van der Waals surface area (Å²) in [7, 11) is 4.70. The van der Waals surface area contributed by atoms with E-state index in [4.69, 9.17) is 14.2 Å². The Bertz CT molecular complexity index is 1270. The maximum Gasteiger partial charge on any atom is 0.254 e. The molecule has 1 heterocycles. The lowest BCUT2D eigenvalue weighted by Gasteiger charge is -2.34. The van der Waals surface area contributed by atoms with Crippen molar-refractivity contribution in [2.45, 2.75) is 38.8 Å². The Kier molecular flexibility index (Phi) is 11.9. The molecule has 0 aromatic heterocycles. The fourth-order valence-electron chi connectivity index (χ4n) is 5.59. The zero-order valence-corrected chi connectivity index (χ0v) is 25.5. The van der Waals surface area contributed by atoms with Crippen molar-refractivity contribution < 1.29 is 19.0 Å². The first-order valence-electron chi connectivity index (χ1n) is 14.8. The Balaban J connectivity index is 1.43. The predicted molar refractivity (Wildman–Crippen MR) is 169 cm³/mol. The Morgan fingerprint density at radius 2 is 1.64 bits per heavy atom. The van der Waals surface area contributed by atoms with E-state index < -0.39 is 0 Å². The summed E-state index contributed by atoms with van der Waals surface area (Å²) in [4.78, 5) is 18.4. The number of hydrogen-bond donors (Lipinski definition) is 1. The molecule has 4 rings (SSSR count). The third-order valence-electron chi connectivity index (χ3n) is 7.70. The number of nitrogens with zero attached hydrogens (tertiary/aromatic N) is 2. The van der Waals surface area contributed by atoms with Crippen molar-refractivity contribution in [3.05, 3.63) is 95.1 Å². The number of carbonyl (C=O) groups is 1. The number of nitrogens with one attached hydrogen (secondary N) is 1. The van der Waals surface area contributed by atoms with Crippen LogP contribution in [0.4, 0.5) is 0 Å². The minimum atomic E-state index is -0.0592. The molecule has 1 N–H and O–H groups in total. The van der Waals surface area contributed by atoms with Gasteiger partial charge in [-0.3, -0.25) is 4.79 Å². The van der Waals surface area contributed by atoms with Crippen LogP contribution >= 0.6 is 0 Å². The normalized spacial score (nSPS) is 15.7. The van der Waals surface area contributed by atoms with E-state index in [1.807, 2.05) is 23.1 Å². The quantitative estimate of drug-likeness (QED) is 0.260. The average Bonchev–Trinajstić information content (AvgIpc) is 3.03. The molecule has 224 valence electrons. The highest BCUT2D eigenvalue weighted by Gasteiger charge is 2.23. The van der Waals surface area contributed by atoms with Gasteiger partial charge in [0.2, 0.25) is 5.75 Å². The second-order valence-corrected chi connectivity index (χ2v) is 10.9. The molecule has 1 fully saturated rings. The molecule has 0 aliphatic carbocycles. The van der Waals surface area contributed by atoms with Crippen molar-refractivity contribution in [1.29, 1.82) is 0 Å². The lowest BCUT2D eigenvalue weighted by molar-refractivity contribution is 0.0758. The lowest BCUT2D eigenvalue weighted by Crippen LogP contribution is -2.46. The first-order valence-corrected chi connectivity index (χ1v) is 14.8. The minimum Gasteiger partial charge on any atom is -0.493 e. The highest BCUT2D eigenvalue weighted by Crippen LogP contribution is 2.38. The van der Waals surface area contributed by atoms with E-state index in [0.717, 1.165) is 43.7 Å². The van der Waals surface area contributed by atoms with Gasteiger partial charge in [-0.15, -0.1) is 0 Å². The smallest absolute Gasteiger partial charge is 0.254 e. The van der Waals surface area contributed by atoms with Crippen LogP contribution in [0.3, 0.4) is 0 Å². The maximum atomic E-state index is 13.9. The first kappa shape index (κ1) is 31.1. The van der Waals surface area contributed by atoms with Crippen LogP contribution in [0, 0.1) is 0 Å². The molecule has 1 unspecified atom stereocenters. The number of amides is 1. The Morgan fingerprint density at radius 1 is 0.976 bits per heavy atom. The topological polar surface area (TPSA) is 63.3 Å². The van der Waals surface area contributed by atoms with Crippen molar-refractivity contribution >= 4 is 12.0 Å². The average molecular weight is 572 g/mol. The van der Waals surface area contributed by atoms with E-state index in [0.29, 0.717) is 41.9 Å². The number of methoxy groups -OCH3 is 3. The van der Waals surface area contributed by atoms with Gasteiger partial charge in [0.1, 0.15) is 0 Å². The molecule has 7 heteroatoms. The van der Waals surface area contributed by atoms with Gasteiger partial charge in [0.15, 0.2) is 11.5 Å². The molecule has 0 spiro atoms. The van der Waals surface area contributed by atoms with Gasteiger partial charge in [-0.1, -0.05) is 72.3 Å². The van der Waals surface area contributed by atoms with E-state index in [1.165, 1.54) is 18.4 Å². The molecule has 1 aliphatic rings. The maximum absolute atomic E-state index is 13.9. The Morgan fingerprint density at radius 3 is 2.29 bits per heavy atom. The number of carbonyl (C=O) groups excluding carboxylic acids is 1. The Labute approximate surface area is 251 Å². The van der Waals surface area contributed by atoms with Crippen LogP contribution < -0.4 is 19.5 Å². The molecule has 0 saturated carbocycles. The summed E-state index contributed by atoms with van der Waals surface area (Å²) in [5.41, 5.74) is 4.07. The van der Waals surface area contributed by atoms with Crippen molar-refractivity contribution in [1.82, 2.24) is 15.1 Å². The van der Waals surface area contributed by atoms with Crippen LogP contribution in [-0.4, -0.2) is 75.8 Å². The van der Waals surface area contributed by atoms with Gasteiger partial charge >= 0.3 is 0 Å². The number of ether oxygens (including phenoxy) is 3. The van der Waals surface area contributed by atoms with Crippen LogP contribution in [-0.2, 0) is 6.54 Å². The third kappa shape index (κ3) is 8.84. The zero-order valence-electron chi connectivity index (χ0n) is 25.5. The van der Waals surface area contributed by atoms with Gasteiger partial charge in [-0.2, -0.15) is 0 Å². The molecule has 1 aliphatic heterocycles. The lowest BCUT2D eigenvalue weighted by atomic mass is 10.0. The van der Waals surface area contributed by atoms with Crippen molar-refractivity contribution in [3.8, 4) is 17.2 Å². The fourth-order valence-corrected chi connectivity index (χ4v) is 5.59. The minimum absolute atomic E-state index is 0.0592. The molecule has 3 aromatic carbocycles. The Hall–Kier alpha value is -3.81. The van der Waals surface area contributed by atoms with Gasteiger partial charge in [-0.05, 0) is 62.5 Å². The zero-order chi connectivity index (χ0) is 29.7. The van der Waals surface area contributed by atoms with Gasteiger partial charge in [0, 0.05) is 37.8 Å². The summed E-state index contributed by atoms with van der Waals surface area (Å²) in [5.74, 6) is 1.36. The fraction of sp³-hybridized carbons (Fsp3) is 0.400. The summed E-state index contributed by atoms with van der Waals surface area (Å²) in [6.45, 7) is 7.22. The van der Waals surface area contributed by atoms with E-state index in [-0.39, 0.29) is 5.91 Å². The van der Waals surface area contributed by atoms with Crippen LogP contribution in [0.1, 0.15) is 47.7 Å². The molecule has 1 amide bonds. The number of likely N-dealkylation sites (tertiary alicyclic amines) is 1. The molecular formula is C35H45N3O4. The largest absolute Gasteiger partial charge is 0.493 e. The molecule has 42 heavy (non-hydrogen) atoms. The van der Waals surface area contributed by atoms with E-state index in [9.17, 15) is 4.79 Å². The SMILES string of the molecule is COc1cc(C(=O)N(CCCN2CCCC(NCc3ccccc3)C2)C/C(C)=C/c2ccccc2)cc(OC)c1OC. The van der Waals surface area contributed by atoms with Crippen molar-refractivity contribution in [2.24, 2.45) is 0 Å². The summed E-state index contributed by atoms with van der Waals surface area (Å²) in [5, 5.41) is 3.74. The van der Waals surface area contributed by atoms with Crippen LogP contribution in [0.25, 0.3) is 6.08 Å². The van der Waals surface area contributed by atoms with Gasteiger partial charge < -0.3 is 29.3 Å². The highest BCUT2D eigenvalue weighted by atomic mass is 16.5. The monoisotopic (exact) mass is 571 g/mol. The summed E-state index contributed by atoms with van der Waals surface area (Å²) in [6, 6.07) is 24.7. The second-order valence-electron chi connectivity index (χ2n) is 10.9. The molecule has 7 nitrogen and oxygen atoms in total. The number of hydrogen-bond acceptors (Lipinski definition) is 6. The van der Waals surface area contributed by atoms with Gasteiger partial charge in [-0.25, -0.2) is 0 Å². The van der Waals surface area contributed by atoms with E-state index in [2.05, 4.69) is 65.7 Å². The first-order chi connectivity index (χ1) is 20.5. The van der Waals surface area contributed by atoms with Gasteiger partial charge in [0.05, 0.1) is 21.3 Å². The molecule has 1 saturated heterocycles. The van der Waals surface area contributed by atoms with Crippen LogP contribution in [0.15, 0.2) is 78.4 Å². The standard InChI is InChI=1S/C35H45N3O4/c1-27(21-28-13-7-5-8-14-28)25-38(35(39)30-22-32(40-2)34(42-4)33(23-30)41-3)20-12-19-37-18-11-17-31(26-37)36-24-29-15-9-6-10-16-29/h5-10,13-16,21-23,31,36H,11-12,17-20,24-26H2,1-4H3/b27-21+. The highest BCUT2D eigenvalue weighted by molar-refractivity contribution is 5.96. The summed E-state index contributed by atoms with van der Waals surface area (Å²) < 4.78 is 16.5.